The standard InChI is InChI=1S/C50H63N9O7S/c1-7-58-41-15-14-33-25-36(41)37(45(58)34-11-8-17-51-28-34)27-50(4,5)31-66-49(64)38-12-9-19-59(54-38)48(63)39(26-42-52-40(33)30-67-42)53-46(61)44(32(2)3)55(6)47(62)35-16-20-57(29-35)43(60)13-10-18-56-21-23-65-24-22-56/h8,11,14-15,17,25,28,30,32,35,38-39,44,54H,7,9,12,16,18-24,26-27,29,31H2,1-6H3,(H,53,61)/t35-,38-,39-,44-/m0/s1. The third-order valence-corrected chi connectivity index (χ3v) is 14.2. The summed E-state index contributed by atoms with van der Waals surface area (Å²) in [4.78, 5) is 84.8. The Morgan fingerprint density at radius 3 is 2.63 bits per heavy atom. The summed E-state index contributed by atoms with van der Waals surface area (Å²) in [6, 6.07) is 7.60. The van der Waals surface area contributed by atoms with Crippen LogP contribution in [0.3, 0.4) is 0 Å². The molecule has 3 saturated heterocycles. The fourth-order valence-electron chi connectivity index (χ4n) is 9.86. The van der Waals surface area contributed by atoms with E-state index >= 15 is 0 Å². The van der Waals surface area contributed by atoms with E-state index in [1.807, 2.05) is 31.5 Å². The summed E-state index contributed by atoms with van der Waals surface area (Å²) >= 11 is 1.41. The molecular weight excluding hydrogens is 871 g/mol. The third kappa shape index (κ3) is 10.7. The van der Waals surface area contributed by atoms with Crippen molar-refractivity contribution in [2.75, 3.05) is 66.1 Å². The molecular formula is C50H63N9O7S. The van der Waals surface area contributed by atoms with E-state index in [0.717, 1.165) is 58.6 Å². The summed E-state index contributed by atoms with van der Waals surface area (Å²) in [7, 11) is 1.61. The van der Waals surface area contributed by atoms with Gasteiger partial charge in [0.2, 0.25) is 11.8 Å². The molecule has 0 unspecified atom stereocenters. The number of hydrogen-bond donors (Lipinski definition) is 2. The summed E-state index contributed by atoms with van der Waals surface area (Å²) in [5, 5.41) is 8.14. The quantitative estimate of drug-likeness (QED) is 0.192. The molecule has 4 aromatic rings. The van der Waals surface area contributed by atoms with Crippen LogP contribution < -0.4 is 10.7 Å². The number of amides is 4. The number of pyridine rings is 1. The molecule has 0 spiro atoms. The highest BCUT2D eigenvalue weighted by molar-refractivity contribution is 7.10. The molecule has 0 aliphatic carbocycles. The Kier molecular flexibility index (Phi) is 14.8. The van der Waals surface area contributed by atoms with Crippen LogP contribution in [0, 0.1) is 29.1 Å². The number of hydrogen-bond acceptors (Lipinski definition) is 12. The molecule has 4 atom stereocenters. The Morgan fingerprint density at radius 2 is 1.88 bits per heavy atom. The number of ether oxygens (including phenoxy) is 2. The number of nitrogens with one attached hydrogen (secondary N) is 2. The van der Waals surface area contributed by atoms with Gasteiger partial charge in [-0.1, -0.05) is 39.7 Å². The number of rotatable bonds is 8. The molecule has 4 amide bonds. The maximum atomic E-state index is 14.6. The average molecular weight is 934 g/mol. The van der Waals surface area contributed by atoms with E-state index < -0.39 is 47.2 Å². The summed E-state index contributed by atoms with van der Waals surface area (Å²) in [6.07, 6.45) is 5.82. The second-order valence-electron chi connectivity index (χ2n) is 19.3. The van der Waals surface area contributed by atoms with E-state index in [0.29, 0.717) is 63.5 Å². The zero-order valence-corrected chi connectivity index (χ0v) is 40.3. The first-order valence-electron chi connectivity index (χ1n) is 23.6. The zero-order valence-electron chi connectivity index (χ0n) is 39.5. The normalized spacial score (nSPS) is 21.9. The molecule has 67 heavy (non-hydrogen) atoms. The van der Waals surface area contributed by atoms with Gasteiger partial charge in [0.1, 0.15) is 18.1 Å². The fourth-order valence-corrected chi connectivity index (χ4v) is 10.7. The van der Waals surface area contributed by atoms with Gasteiger partial charge in [0, 0.05) is 98.0 Å². The SMILES string of the molecule is CCn1c(-c2cccnc2)c2c3cc(ccc31)-c1csc(n1)C[C@H](NC(=O)[C@H](C(C)C)N(C)C(=O)[C@H]1CCN(C(=O)C#CCN3CCOCC3)C1)C(=O)N1CCC[C@H](N1)C(=O)OCC(C)(C)C2. The van der Waals surface area contributed by atoms with E-state index in [-0.39, 0.29) is 37.3 Å². The molecule has 4 aliphatic rings. The number of morpholine rings is 1. The van der Waals surface area contributed by atoms with Crippen LogP contribution >= 0.6 is 11.3 Å². The topological polar surface area (TPSA) is 172 Å². The number of carbonyl (C=O) groups is 5. The van der Waals surface area contributed by atoms with Crippen molar-refractivity contribution in [2.45, 2.75) is 91.4 Å². The highest BCUT2D eigenvalue weighted by atomic mass is 32.1. The second-order valence-corrected chi connectivity index (χ2v) is 20.2. The number of nitrogens with zero attached hydrogens (tertiary/aromatic N) is 7. The Morgan fingerprint density at radius 1 is 1.07 bits per heavy atom. The Bertz CT molecular complexity index is 2540. The molecule has 8 rings (SSSR count). The highest BCUT2D eigenvalue weighted by Crippen LogP contribution is 2.40. The van der Waals surface area contributed by atoms with Crippen LogP contribution in [0.2, 0.25) is 0 Å². The smallest absolute Gasteiger partial charge is 0.324 e. The van der Waals surface area contributed by atoms with Gasteiger partial charge < -0.3 is 29.2 Å². The van der Waals surface area contributed by atoms with Crippen molar-refractivity contribution in [2.24, 2.45) is 17.3 Å². The van der Waals surface area contributed by atoms with Crippen molar-refractivity contribution in [1.82, 2.24) is 45.0 Å². The highest BCUT2D eigenvalue weighted by Gasteiger charge is 2.40. The molecule has 4 aliphatic heterocycles. The largest absolute Gasteiger partial charge is 0.464 e. The molecule has 0 saturated carbocycles. The van der Waals surface area contributed by atoms with Crippen molar-refractivity contribution in [3.63, 3.8) is 0 Å². The van der Waals surface area contributed by atoms with Gasteiger partial charge in [-0.3, -0.25) is 38.9 Å². The maximum Gasteiger partial charge on any atom is 0.324 e. The monoisotopic (exact) mass is 933 g/mol. The van der Waals surface area contributed by atoms with Gasteiger partial charge >= 0.3 is 5.97 Å². The zero-order chi connectivity index (χ0) is 47.4. The molecule has 16 nitrogen and oxygen atoms in total. The molecule has 0 radical (unpaired) electrons. The Hall–Kier alpha value is -5.67. The first kappa shape index (κ1) is 47.8. The first-order chi connectivity index (χ1) is 32.2. The molecule has 1 aromatic carbocycles. The van der Waals surface area contributed by atoms with Crippen molar-refractivity contribution in [1.29, 1.82) is 0 Å². The average Bonchev–Trinajstić information content (AvgIpc) is 4.09. The van der Waals surface area contributed by atoms with Crippen LogP contribution in [0.25, 0.3) is 33.4 Å². The fraction of sp³-hybridized carbons (Fsp3) is 0.540. The van der Waals surface area contributed by atoms with Crippen molar-refractivity contribution in [3.8, 4) is 34.4 Å². The Balaban J connectivity index is 1.06. The number of esters is 1. The van der Waals surface area contributed by atoms with Gasteiger partial charge in [-0.2, -0.15) is 0 Å². The maximum absolute atomic E-state index is 14.6. The number of fused-ring (bicyclic) bond motifs is 6. The number of aryl methyl sites for hydroxylation is 1. The van der Waals surface area contributed by atoms with Crippen LogP contribution in [0.15, 0.2) is 48.1 Å². The molecule has 356 valence electrons. The van der Waals surface area contributed by atoms with Gasteiger partial charge in [-0.25, -0.2) is 10.4 Å². The minimum absolute atomic E-state index is 0.0797. The van der Waals surface area contributed by atoms with E-state index in [2.05, 4.69) is 82.1 Å². The van der Waals surface area contributed by atoms with Gasteiger partial charge in [0.15, 0.2) is 0 Å². The molecule has 2 N–H and O–H groups in total. The lowest BCUT2D eigenvalue weighted by molar-refractivity contribution is -0.155. The number of cyclic esters (lactones) is 1. The summed E-state index contributed by atoms with van der Waals surface area (Å²) < 4.78 is 13.8. The molecule has 17 heteroatoms. The molecule has 3 aromatic heterocycles. The summed E-state index contributed by atoms with van der Waals surface area (Å²) in [5.41, 5.74) is 8.61. The Labute approximate surface area is 396 Å². The van der Waals surface area contributed by atoms with Crippen LogP contribution in [-0.2, 0) is 52.8 Å². The van der Waals surface area contributed by atoms with Gasteiger partial charge in [0.25, 0.3) is 11.8 Å². The minimum atomic E-state index is -1.08. The van der Waals surface area contributed by atoms with E-state index in [1.54, 1.807) is 18.1 Å². The van der Waals surface area contributed by atoms with Crippen molar-refractivity contribution in [3.05, 3.63) is 58.7 Å². The molecule has 7 heterocycles. The lowest BCUT2D eigenvalue weighted by Gasteiger charge is -2.36. The predicted molar refractivity (Wildman–Crippen MR) is 255 cm³/mol. The number of likely N-dealkylation sites (tertiary alicyclic amines) is 1. The van der Waals surface area contributed by atoms with Gasteiger partial charge in [-0.15, -0.1) is 11.3 Å². The predicted octanol–water partition coefficient (Wildman–Crippen LogP) is 4.16. The van der Waals surface area contributed by atoms with Crippen LogP contribution in [0.1, 0.15) is 64.5 Å². The van der Waals surface area contributed by atoms with Crippen molar-refractivity contribution < 1.29 is 33.4 Å². The minimum Gasteiger partial charge on any atom is -0.464 e. The van der Waals surface area contributed by atoms with Gasteiger partial charge in [-0.05, 0) is 74.3 Å². The summed E-state index contributed by atoms with van der Waals surface area (Å²) in [5.74, 6) is 2.96. The molecule has 6 bridgehead atoms. The van der Waals surface area contributed by atoms with Crippen LogP contribution in [-0.4, -0.2) is 148 Å². The van der Waals surface area contributed by atoms with E-state index in [9.17, 15) is 24.0 Å². The van der Waals surface area contributed by atoms with E-state index in [1.165, 1.54) is 21.2 Å². The van der Waals surface area contributed by atoms with E-state index in [4.69, 9.17) is 14.5 Å². The lowest BCUT2D eigenvalue weighted by atomic mass is 9.84. The number of hydrazine groups is 1. The number of aromatic nitrogens is 3. The summed E-state index contributed by atoms with van der Waals surface area (Å²) in [6.45, 7) is 15.2. The molecule has 3 fully saturated rings. The second kappa shape index (κ2) is 20.7. The van der Waals surface area contributed by atoms with Crippen LogP contribution in [0.4, 0.5) is 0 Å². The number of benzene rings is 1. The van der Waals surface area contributed by atoms with Gasteiger partial charge in [0.05, 0.1) is 48.7 Å². The third-order valence-electron chi connectivity index (χ3n) is 13.3. The number of carbonyl (C=O) groups excluding carboxylic acids is 5. The van der Waals surface area contributed by atoms with Crippen LogP contribution in [0.5, 0.6) is 0 Å². The number of thiazole rings is 1. The lowest BCUT2D eigenvalue weighted by Crippen LogP contribution is -2.62. The number of likely N-dealkylation sites (N-methyl/N-ethyl adjacent to an activating group) is 1. The van der Waals surface area contributed by atoms with Crippen molar-refractivity contribution >= 4 is 51.8 Å². The first-order valence-corrected chi connectivity index (χ1v) is 24.5.